The van der Waals surface area contributed by atoms with E-state index in [2.05, 4.69) is 0 Å². The number of carbonyl (C=O) groups is 1. The molecule has 2 aromatic carbocycles. The maximum Gasteiger partial charge on any atom is 0.198 e. The van der Waals surface area contributed by atoms with E-state index in [9.17, 15) is 9.90 Å². The van der Waals surface area contributed by atoms with Gasteiger partial charge in [-0.05, 0) is 48.9 Å². The third kappa shape index (κ3) is 2.98. The van der Waals surface area contributed by atoms with E-state index < -0.39 is 5.60 Å². The molecule has 0 aliphatic heterocycles. The summed E-state index contributed by atoms with van der Waals surface area (Å²) in [4.78, 5) is 12.3. The van der Waals surface area contributed by atoms with Crippen molar-refractivity contribution in [2.24, 2.45) is 0 Å². The topological polar surface area (TPSA) is 37.3 Å². The lowest BCUT2D eigenvalue weighted by atomic mass is 9.88. The maximum absolute atomic E-state index is 12.3. The summed E-state index contributed by atoms with van der Waals surface area (Å²) in [6.07, 6.45) is 0. The Morgan fingerprint density at radius 3 is 1.84 bits per heavy atom. The Balaban J connectivity index is 2.35. The zero-order valence-corrected chi connectivity index (χ0v) is 11.7. The van der Waals surface area contributed by atoms with Gasteiger partial charge in [0.25, 0.3) is 0 Å². The molecule has 0 aliphatic rings. The molecule has 1 atom stereocenters. The minimum atomic E-state index is -1.60. The third-order valence-corrected chi connectivity index (χ3v) is 3.46. The Labute approximate surface area is 121 Å². The molecule has 0 heterocycles. The van der Waals surface area contributed by atoms with E-state index in [1.807, 2.05) is 0 Å². The minimum Gasteiger partial charge on any atom is -0.377 e. The van der Waals surface area contributed by atoms with Gasteiger partial charge < -0.3 is 5.11 Å². The van der Waals surface area contributed by atoms with Crippen LogP contribution in [-0.4, -0.2) is 10.9 Å². The van der Waals surface area contributed by atoms with Gasteiger partial charge in [-0.25, -0.2) is 0 Å². The summed E-state index contributed by atoms with van der Waals surface area (Å²) in [5.74, 6) is -0.383. The van der Waals surface area contributed by atoms with Crippen molar-refractivity contribution in [2.75, 3.05) is 0 Å². The van der Waals surface area contributed by atoms with Crippen molar-refractivity contribution in [3.8, 4) is 0 Å². The molecule has 19 heavy (non-hydrogen) atoms. The van der Waals surface area contributed by atoms with Crippen LogP contribution in [0, 0.1) is 0 Å². The first-order chi connectivity index (χ1) is 8.91. The van der Waals surface area contributed by atoms with Gasteiger partial charge in [0, 0.05) is 15.6 Å². The first-order valence-corrected chi connectivity index (χ1v) is 6.45. The van der Waals surface area contributed by atoms with E-state index in [1.54, 1.807) is 48.5 Å². The van der Waals surface area contributed by atoms with Crippen LogP contribution in [0.1, 0.15) is 22.8 Å². The van der Waals surface area contributed by atoms with Gasteiger partial charge >= 0.3 is 0 Å². The number of carbonyl (C=O) groups excluding carboxylic acids is 1. The monoisotopic (exact) mass is 294 g/mol. The maximum atomic E-state index is 12.3. The summed E-state index contributed by atoms with van der Waals surface area (Å²) in [5.41, 5.74) is -0.695. The highest BCUT2D eigenvalue weighted by Crippen LogP contribution is 2.27. The fraction of sp³-hybridized carbons (Fsp3) is 0.133. The molecule has 2 nitrogen and oxygen atoms in total. The van der Waals surface area contributed by atoms with E-state index in [-0.39, 0.29) is 5.78 Å². The van der Waals surface area contributed by atoms with Crippen LogP contribution in [0.5, 0.6) is 0 Å². The Morgan fingerprint density at radius 2 is 1.37 bits per heavy atom. The van der Waals surface area contributed by atoms with Crippen molar-refractivity contribution in [1.82, 2.24) is 0 Å². The van der Waals surface area contributed by atoms with Crippen LogP contribution in [-0.2, 0) is 5.60 Å². The third-order valence-electron chi connectivity index (χ3n) is 2.95. The van der Waals surface area contributed by atoms with Crippen LogP contribution >= 0.6 is 23.2 Å². The quantitative estimate of drug-likeness (QED) is 0.866. The van der Waals surface area contributed by atoms with Gasteiger partial charge in [0.05, 0.1) is 0 Å². The highest BCUT2D eigenvalue weighted by Gasteiger charge is 2.33. The molecular weight excluding hydrogens is 283 g/mol. The molecule has 0 saturated carbocycles. The van der Waals surface area contributed by atoms with E-state index in [1.165, 1.54) is 6.92 Å². The van der Waals surface area contributed by atoms with E-state index >= 15 is 0 Å². The number of benzene rings is 2. The average molecular weight is 295 g/mol. The summed E-state index contributed by atoms with van der Waals surface area (Å²) >= 11 is 11.6. The SMILES string of the molecule is CC(O)(C(=O)c1ccc(Cl)cc1)c1ccc(Cl)cc1. The van der Waals surface area contributed by atoms with Gasteiger partial charge in [0.1, 0.15) is 5.60 Å². The number of hydrogen-bond donors (Lipinski definition) is 1. The standard InChI is InChI=1S/C15H12Cl2O2/c1-15(19,11-4-8-13(17)9-5-11)14(18)10-2-6-12(16)7-3-10/h2-9,19H,1H3. The van der Waals surface area contributed by atoms with Gasteiger partial charge in [-0.1, -0.05) is 35.3 Å². The van der Waals surface area contributed by atoms with Crippen molar-refractivity contribution in [2.45, 2.75) is 12.5 Å². The molecule has 98 valence electrons. The largest absolute Gasteiger partial charge is 0.377 e. The highest BCUT2D eigenvalue weighted by molar-refractivity contribution is 6.31. The molecular formula is C15H12Cl2O2. The number of ketones is 1. The van der Waals surface area contributed by atoms with Crippen molar-refractivity contribution >= 4 is 29.0 Å². The van der Waals surface area contributed by atoms with Crippen molar-refractivity contribution < 1.29 is 9.90 Å². The Hall–Kier alpha value is -1.35. The molecule has 0 saturated heterocycles. The number of hydrogen-bond acceptors (Lipinski definition) is 2. The van der Waals surface area contributed by atoms with Gasteiger partial charge in [-0.15, -0.1) is 0 Å². The molecule has 0 radical (unpaired) electrons. The molecule has 0 bridgehead atoms. The second-order valence-corrected chi connectivity index (χ2v) is 5.29. The van der Waals surface area contributed by atoms with E-state index in [0.717, 1.165) is 0 Å². The van der Waals surface area contributed by atoms with E-state index in [0.29, 0.717) is 21.2 Å². The summed E-state index contributed by atoms with van der Waals surface area (Å²) < 4.78 is 0. The lowest BCUT2D eigenvalue weighted by molar-refractivity contribution is 0.0392. The first-order valence-electron chi connectivity index (χ1n) is 5.70. The smallest absolute Gasteiger partial charge is 0.198 e. The Morgan fingerprint density at radius 1 is 0.947 bits per heavy atom. The normalized spacial score (nSPS) is 13.9. The molecule has 0 spiro atoms. The van der Waals surface area contributed by atoms with Crippen LogP contribution in [0.3, 0.4) is 0 Å². The predicted octanol–water partition coefficient (Wildman–Crippen LogP) is 4.08. The molecule has 0 aromatic heterocycles. The highest BCUT2D eigenvalue weighted by atomic mass is 35.5. The predicted molar refractivity (Wildman–Crippen MR) is 76.8 cm³/mol. The molecule has 4 heteroatoms. The first kappa shape index (κ1) is 14.1. The zero-order valence-electron chi connectivity index (χ0n) is 10.2. The number of Topliss-reactive ketones (excluding diaryl/α,β-unsaturated/α-hetero) is 1. The minimum absolute atomic E-state index is 0.383. The fourth-order valence-corrected chi connectivity index (χ4v) is 2.04. The van der Waals surface area contributed by atoms with Gasteiger partial charge in [-0.3, -0.25) is 4.79 Å². The molecule has 0 amide bonds. The summed E-state index contributed by atoms with van der Waals surface area (Å²) in [6, 6.07) is 13.0. The molecule has 0 aliphatic carbocycles. The lowest BCUT2D eigenvalue weighted by Crippen LogP contribution is -2.32. The van der Waals surface area contributed by atoms with Crippen molar-refractivity contribution in [1.29, 1.82) is 0 Å². The number of rotatable bonds is 3. The van der Waals surface area contributed by atoms with Crippen LogP contribution in [0.25, 0.3) is 0 Å². The fourth-order valence-electron chi connectivity index (χ4n) is 1.79. The summed E-state index contributed by atoms with van der Waals surface area (Å²) in [5, 5.41) is 11.5. The van der Waals surface area contributed by atoms with Gasteiger partial charge in [-0.2, -0.15) is 0 Å². The van der Waals surface area contributed by atoms with E-state index in [4.69, 9.17) is 23.2 Å². The number of aliphatic hydroxyl groups is 1. The van der Waals surface area contributed by atoms with Crippen molar-refractivity contribution in [3.63, 3.8) is 0 Å². The zero-order chi connectivity index (χ0) is 14.0. The van der Waals surface area contributed by atoms with Crippen LogP contribution in [0.4, 0.5) is 0 Å². The van der Waals surface area contributed by atoms with Crippen LogP contribution in [0.15, 0.2) is 48.5 Å². The molecule has 2 aromatic rings. The average Bonchev–Trinajstić information content (AvgIpc) is 2.39. The number of halogens is 2. The second kappa shape index (κ2) is 5.33. The molecule has 1 N–H and O–H groups in total. The summed E-state index contributed by atoms with van der Waals surface area (Å²) in [6.45, 7) is 1.47. The molecule has 0 fully saturated rings. The molecule has 1 unspecified atom stereocenters. The molecule has 2 rings (SSSR count). The van der Waals surface area contributed by atoms with Crippen LogP contribution in [0.2, 0.25) is 10.0 Å². The Kier molecular flexibility index (Phi) is 3.95. The lowest BCUT2D eigenvalue weighted by Gasteiger charge is -2.22. The Bertz CT molecular complexity index is 587. The second-order valence-electron chi connectivity index (χ2n) is 4.42. The van der Waals surface area contributed by atoms with Crippen molar-refractivity contribution in [3.05, 3.63) is 69.7 Å². The van der Waals surface area contributed by atoms with Gasteiger partial charge in [0.2, 0.25) is 0 Å². The van der Waals surface area contributed by atoms with Crippen LogP contribution < -0.4 is 0 Å². The van der Waals surface area contributed by atoms with Gasteiger partial charge in [0.15, 0.2) is 5.78 Å². The summed E-state index contributed by atoms with van der Waals surface area (Å²) in [7, 11) is 0.